The summed E-state index contributed by atoms with van der Waals surface area (Å²) < 4.78 is 34.6. The SMILES string of the molecule is CCCCn1nc(C)c(C(=O)O)c1Cc1ccc(-c2ccccc2S(=O)(=O)NC(=O)OCC(C)C)cc1. The van der Waals surface area contributed by atoms with Crippen molar-refractivity contribution in [2.45, 2.75) is 58.4 Å². The molecular formula is C27H33N3O6S. The minimum Gasteiger partial charge on any atom is -0.478 e. The second-order valence-corrected chi connectivity index (χ2v) is 10.9. The number of nitrogens with one attached hydrogen (secondary N) is 1. The van der Waals surface area contributed by atoms with E-state index in [1.54, 1.807) is 41.9 Å². The Labute approximate surface area is 217 Å². The molecule has 1 aromatic heterocycles. The van der Waals surface area contributed by atoms with Gasteiger partial charge in [-0.2, -0.15) is 5.10 Å². The lowest BCUT2D eigenvalue weighted by atomic mass is 10.0. The zero-order valence-corrected chi connectivity index (χ0v) is 22.3. The van der Waals surface area contributed by atoms with E-state index in [-0.39, 0.29) is 23.0 Å². The second-order valence-electron chi connectivity index (χ2n) is 9.26. The summed E-state index contributed by atoms with van der Waals surface area (Å²) >= 11 is 0. The highest BCUT2D eigenvalue weighted by Crippen LogP contribution is 2.28. The molecule has 37 heavy (non-hydrogen) atoms. The molecule has 0 spiro atoms. The van der Waals surface area contributed by atoms with E-state index in [2.05, 4.69) is 12.0 Å². The molecule has 0 aliphatic heterocycles. The van der Waals surface area contributed by atoms with Crippen LogP contribution in [0.2, 0.25) is 0 Å². The zero-order chi connectivity index (χ0) is 27.2. The van der Waals surface area contributed by atoms with Crippen LogP contribution in [0.25, 0.3) is 11.1 Å². The summed E-state index contributed by atoms with van der Waals surface area (Å²) in [7, 11) is -4.17. The van der Waals surface area contributed by atoms with Gasteiger partial charge in [-0.3, -0.25) is 4.68 Å². The predicted molar refractivity (Wildman–Crippen MR) is 140 cm³/mol. The Morgan fingerprint density at radius 3 is 2.41 bits per heavy atom. The summed E-state index contributed by atoms with van der Waals surface area (Å²) in [5.74, 6) is -0.939. The largest absolute Gasteiger partial charge is 0.478 e. The number of aromatic carboxylic acids is 1. The maximum Gasteiger partial charge on any atom is 0.421 e. The van der Waals surface area contributed by atoms with Crippen molar-refractivity contribution < 1.29 is 27.9 Å². The number of nitrogens with zero attached hydrogens (tertiary/aromatic N) is 2. The fourth-order valence-corrected chi connectivity index (χ4v) is 5.07. The van der Waals surface area contributed by atoms with Crippen molar-refractivity contribution in [3.05, 3.63) is 71.0 Å². The van der Waals surface area contributed by atoms with E-state index >= 15 is 0 Å². The number of carbonyl (C=O) groups excluding carboxylic acids is 1. The first kappa shape index (κ1) is 27.9. The maximum atomic E-state index is 12.9. The van der Waals surface area contributed by atoms with Crippen LogP contribution in [0.15, 0.2) is 53.4 Å². The van der Waals surface area contributed by atoms with E-state index in [1.807, 2.05) is 30.7 Å². The molecule has 3 rings (SSSR count). The van der Waals surface area contributed by atoms with Gasteiger partial charge in [0, 0.05) is 18.5 Å². The van der Waals surface area contributed by atoms with Crippen molar-refractivity contribution >= 4 is 22.1 Å². The second kappa shape index (κ2) is 12.1. The van der Waals surface area contributed by atoms with Crippen molar-refractivity contribution in [1.29, 1.82) is 0 Å². The van der Waals surface area contributed by atoms with Crippen molar-refractivity contribution in [3.63, 3.8) is 0 Å². The molecule has 0 bridgehead atoms. The molecule has 0 saturated carbocycles. The highest BCUT2D eigenvalue weighted by atomic mass is 32.2. The van der Waals surface area contributed by atoms with Gasteiger partial charge in [-0.1, -0.05) is 69.7 Å². The van der Waals surface area contributed by atoms with E-state index in [4.69, 9.17) is 4.74 Å². The Morgan fingerprint density at radius 1 is 1.11 bits per heavy atom. The van der Waals surface area contributed by atoms with Gasteiger partial charge in [-0.05, 0) is 36.5 Å². The summed E-state index contributed by atoms with van der Waals surface area (Å²) in [6.07, 6.45) is 1.19. The molecular weight excluding hydrogens is 494 g/mol. The van der Waals surface area contributed by atoms with Crippen molar-refractivity contribution in [2.24, 2.45) is 5.92 Å². The topological polar surface area (TPSA) is 128 Å². The van der Waals surface area contributed by atoms with Gasteiger partial charge in [-0.25, -0.2) is 22.7 Å². The van der Waals surface area contributed by atoms with Crippen LogP contribution in [0.4, 0.5) is 4.79 Å². The van der Waals surface area contributed by atoms with Crippen LogP contribution >= 0.6 is 0 Å². The number of unbranched alkanes of at least 4 members (excludes halogenated alkanes) is 1. The average Bonchev–Trinajstić information content (AvgIpc) is 3.16. The summed E-state index contributed by atoms with van der Waals surface area (Å²) in [4.78, 5) is 23.9. The van der Waals surface area contributed by atoms with E-state index in [9.17, 15) is 23.1 Å². The average molecular weight is 528 g/mol. The number of carboxylic acid groups (broad SMARTS) is 1. The first-order chi connectivity index (χ1) is 17.5. The lowest BCUT2D eigenvalue weighted by molar-refractivity contribution is 0.0694. The van der Waals surface area contributed by atoms with Crippen LogP contribution in [0.5, 0.6) is 0 Å². The third-order valence-electron chi connectivity index (χ3n) is 5.75. The van der Waals surface area contributed by atoms with Crippen LogP contribution in [-0.2, 0) is 27.7 Å². The maximum absolute atomic E-state index is 12.9. The number of rotatable bonds is 11. The fourth-order valence-electron chi connectivity index (χ4n) is 3.95. The first-order valence-electron chi connectivity index (χ1n) is 12.2. The Kier molecular flexibility index (Phi) is 9.09. The number of hydrogen-bond donors (Lipinski definition) is 2. The quantitative estimate of drug-likeness (QED) is 0.358. The molecule has 2 aromatic carbocycles. The van der Waals surface area contributed by atoms with Gasteiger partial charge in [0.25, 0.3) is 10.0 Å². The third kappa shape index (κ3) is 6.97. The van der Waals surface area contributed by atoms with Crippen LogP contribution in [0, 0.1) is 12.8 Å². The van der Waals surface area contributed by atoms with Gasteiger partial charge >= 0.3 is 12.1 Å². The van der Waals surface area contributed by atoms with Crippen LogP contribution in [-0.4, -0.2) is 42.0 Å². The van der Waals surface area contributed by atoms with E-state index in [1.165, 1.54) is 6.07 Å². The number of carboxylic acids is 1. The number of benzene rings is 2. The number of sulfonamides is 1. The molecule has 0 radical (unpaired) electrons. The number of ether oxygens (including phenoxy) is 1. The molecule has 198 valence electrons. The Morgan fingerprint density at radius 2 is 1.78 bits per heavy atom. The third-order valence-corrected chi connectivity index (χ3v) is 7.12. The number of amides is 1. The molecule has 1 heterocycles. The van der Waals surface area contributed by atoms with Crippen LogP contribution < -0.4 is 4.72 Å². The van der Waals surface area contributed by atoms with Crippen molar-refractivity contribution in [2.75, 3.05) is 6.61 Å². The van der Waals surface area contributed by atoms with E-state index < -0.39 is 22.1 Å². The van der Waals surface area contributed by atoms with Gasteiger partial charge in [-0.15, -0.1) is 0 Å². The molecule has 2 N–H and O–H groups in total. The number of aryl methyl sites for hydroxylation is 2. The molecule has 10 heteroatoms. The lowest BCUT2D eigenvalue weighted by Gasteiger charge is -2.13. The van der Waals surface area contributed by atoms with Gasteiger partial charge in [0.05, 0.1) is 22.9 Å². The predicted octanol–water partition coefficient (Wildman–Crippen LogP) is 5.02. The molecule has 0 unspecified atom stereocenters. The van der Waals surface area contributed by atoms with Crippen molar-refractivity contribution in [1.82, 2.24) is 14.5 Å². The smallest absolute Gasteiger partial charge is 0.421 e. The summed E-state index contributed by atoms with van der Waals surface area (Å²) in [6, 6.07) is 13.6. The molecule has 0 atom stereocenters. The summed E-state index contributed by atoms with van der Waals surface area (Å²) in [6.45, 7) is 8.20. The highest BCUT2D eigenvalue weighted by Gasteiger charge is 2.23. The van der Waals surface area contributed by atoms with E-state index in [0.717, 1.165) is 18.4 Å². The van der Waals surface area contributed by atoms with Gasteiger partial charge < -0.3 is 9.84 Å². The zero-order valence-electron chi connectivity index (χ0n) is 21.5. The molecule has 0 aliphatic carbocycles. The molecule has 1 amide bonds. The van der Waals surface area contributed by atoms with Crippen LogP contribution in [0.1, 0.15) is 60.9 Å². The summed E-state index contributed by atoms with van der Waals surface area (Å²) in [5, 5.41) is 14.2. The minimum absolute atomic E-state index is 0.0503. The first-order valence-corrected chi connectivity index (χ1v) is 13.7. The molecule has 9 nitrogen and oxygen atoms in total. The standard InChI is InChI=1S/C27H33N3O6S/c1-5-6-15-30-23(25(26(31)32)19(4)28-30)16-20-11-13-21(14-12-20)22-9-7-8-10-24(22)37(34,35)29-27(33)36-17-18(2)3/h7-14,18H,5-6,15-17H2,1-4H3,(H,29,33)(H,31,32). The Bertz CT molecular complexity index is 1360. The number of carbonyl (C=O) groups is 2. The minimum atomic E-state index is -4.17. The monoisotopic (exact) mass is 527 g/mol. The summed E-state index contributed by atoms with van der Waals surface area (Å²) in [5.41, 5.74) is 3.25. The normalized spacial score (nSPS) is 11.5. The van der Waals surface area contributed by atoms with Crippen LogP contribution in [0.3, 0.4) is 0 Å². The Hall–Kier alpha value is -3.66. The van der Waals surface area contributed by atoms with Gasteiger partial charge in [0.1, 0.15) is 5.56 Å². The highest BCUT2D eigenvalue weighted by molar-refractivity contribution is 7.90. The Balaban J connectivity index is 1.88. The molecule has 0 fully saturated rings. The number of aromatic nitrogens is 2. The lowest BCUT2D eigenvalue weighted by Crippen LogP contribution is -2.32. The molecule has 0 saturated heterocycles. The molecule has 0 aliphatic rings. The van der Waals surface area contributed by atoms with Crippen molar-refractivity contribution in [3.8, 4) is 11.1 Å². The van der Waals surface area contributed by atoms with Gasteiger partial charge in [0.15, 0.2) is 0 Å². The molecule has 3 aromatic rings. The number of hydrogen-bond acceptors (Lipinski definition) is 6. The van der Waals surface area contributed by atoms with E-state index in [0.29, 0.717) is 35.5 Å². The van der Waals surface area contributed by atoms with Gasteiger partial charge in [0.2, 0.25) is 0 Å². The fraction of sp³-hybridized carbons (Fsp3) is 0.370.